The lowest BCUT2D eigenvalue weighted by Crippen LogP contribution is -2.22. The molecule has 0 aliphatic carbocycles. The SMILES string of the molecule is Cc1noc(-c2c(N)c3ccc(Cl)cc3n(-c3ccccc3)c2=O)n1. The number of hydrogen-bond acceptors (Lipinski definition) is 5. The molecule has 25 heavy (non-hydrogen) atoms. The van der Waals surface area contributed by atoms with Crippen LogP contribution in [0.25, 0.3) is 28.0 Å². The van der Waals surface area contributed by atoms with Gasteiger partial charge in [0, 0.05) is 16.1 Å². The normalized spacial score (nSPS) is 11.1. The highest BCUT2D eigenvalue weighted by Crippen LogP contribution is 2.31. The smallest absolute Gasteiger partial charge is 0.270 e. The lowest BCUT2D eigenvalue weighted by atomic mass is 10.1. The van der Waals surface area contributed by atoms with Crippen molar-refractivity contribution in [1.29, 1.82) is 0 Å². The van der Waals surface area contributed by atoms with Crippen molar-refractivity contribution in [3.63, 3.8) is 0 Å². The maximum atomic E-state index is 13.2. The van der Waals surface area contributed by atoms with Gasteiger partial charge in [-0.25, -0.2) is 0 Å². The van der Waals surface area contributed by atoms with Crippen LogP contribution in [0, 0.1) is 6.92 Å². The number of nitrogens with two attached hydrogens (primary N) is 1. The van der Waals surface area contributed by atoms with Gasteiger partial charge in [-0.1, -0.05) is 35.0 Å². The van der Waals surface area contributed by atoms with Crippen LogP contribution in [0.1, 0.15) is 5.82 Å². The Morgan fingerprint density at radius 3 is 2.60 bits per heavy atom. The highest BCUT2D eigenvalue weighted by molar-refractivity contribution is 6.31. The molecule has 0 fully saturated rings. The van der Waals surface area contributed by atoms with Crippen LogP contribution in [-0.4, -0.2) is 14.7 Å². The first kappa shape index (κ1) is 15.4. The van der Waals surface area contributed by atoms with Gasteiger partial charge in [-0.15, -0.1) is 0 Å². The number of hydrogen-bond donors (Lipinski definition) is 1. The molecule has 6 nitrogen and oxygen atoms in total. The van der Waals surface area contributed by atoms with E-state index in [1.807, 2.05) is 30.3 Å². The van der Waals surface area contributed by atoms with E-state index in [9.17, 15) is 4.79 Å². The van der Waals surface area contributed by atoms with E-state index in [4.69, 9.17) is 21.9 Å². The van der Waals surface area contributed by atoms with Crippen LogP contribution in [0.15, 0.2) is 57.8 Å². The van der Waals surface area contributed by atoms with Crippen molar-refractivity contribution in [2.45, 2.75) is 6.92 Å². The van der Waals surface area contributed by atoms with Gasteiger partial charge in [-0.3, -0.25) is 9.36 Å². The van der Waals surface area contributed by atoms with E-state index in [0.717, 1.165) is 0 Å². The molecule has 0 aliphatic heterocycles. The fourth-order valence-corrected chi connectivity index (χ4v) is 2.99. The van der Waals surface area contributed by atoms with Crippen LogP contribution < -0.4 is 11.3 Å². The highest BCUT2D eigenvalue weighted by Gasteiger charge is 2.21. The molecule has 4 aromatic rings. The molecule has 4 rings (SSSR count). The Morgan fingerprint density at radius 2 is 1.92 bits per heavy atom. The summed E-state index contributed by atoms with van der Waals surface area (Å²) in [6.07, 6.45) is 0. The second-order valence-electron chi connectivity index (χ2n) is 5.57. The molecule has 0 saturated heterocycles. The number of halogens is 1. The molecule has 2 heterocycles. The van der Waals surface area contributed by atoms with Crippen molar-refractivity contribution in [3.8, 4) is 17.1 Å². The predicted molar refractivity (Wildman–Crippen MR) is 97.0 cm³/mol. The van der Waals surface area contributed by atoms with Gasteiger partial charge in [0.25, 0.3) is 11.4 Å². The summed E-state index contributed by atoms with van der Waals surface area (Å²) in [5.41, 5.74) is 7.70. The molecule has 2 aromatic heterocycles. The summed E-state index contributed by atoms with van der Waals surface area (Å²) in [4.78, 5) is 17.4. The number of pyridine rings is 1. The van der Waals surface area contributed by atoms with Crippen LogP contribution >= 0.6 is 11.6 Å². The Balaban J connectivity index is 2.19. The summed E-state index contributed by atoms with van der Waals surface area (Å²) in [6, 6.07) is 14.5. The number of nitrogens with zero attached hydrogens (tertiary/aromatic N) is 3. The first-order valence-electron chi connectivity index (χ1n) is 7.56. The van der Waals surface area contributed by atoms with Crippen molar-refractivity contribution in [1.82, 2.24) is 14.7 Å². The molecule has 0 radical (unpaired) electrons. The van der Waals surface area contributed by atoms with Crippen molar-refractivity contribution in [2.75, 3.05) is 5.73 Å². The molecule has 0 aliphatic rings. The number of nitrogen functional groups attached to an aromatic ring is 1. The minimum atomic E-state index is -0.345. The third-order valence-corrected chi connectivity index (χ3v) is 4.17. The second kappa shape index (κ2) is 5.75. The van der Waals surface area contributed by atoms with Gasteiger partial charge in [0.15, 0.2) is 5.82 Å². The summed E-state index contributed by atoms with van der Waals surface area (Å²) in [5, 5.41) is 4.95. The Kier molecular flexibility index (Phi) is 3.54. The van der Waals surface area contributed by atoms with Crippen LogP contribution in [0.3, 0.4) is 0 Å². The van der Waals surface area contributed by atoms with Crippen LogP contribution in [0.4, 0.5) is 5.69 Å². The number of rotatable bonds is 2. The zero-order valence-corrected chi connectivity index (χ0v) is 14.0. The molecule has 0 bridgehead atoms. The van der Waals surface area contributed by atoms with Crippen molar-refractivity contribution >= 4 is 28.2 Å². The van der Waals surface area contributed by atoms with E-state index in [2.05, 4.69) is 10.1 Å². The Hall–Kier alpha value is -3.12. The van der Waals surface area contributed by atoms with Crippen LogP contribution in [-0.2, 0) is 0 Å². The number of fused-ring (bicyclic) bond motifs is 1. The van der Waals surface area contributed by atoms with Gasteiger partial charge < -0.3 is 10.3 Å². The molecular weight excluding hydrogens is 340 g/mol. The molecule has 0 unspecified atom stereocenters. The third kappa shape index (κ3) is 2.47. The number of aromatic nitrogens is 3. The highest BCUT2D eigenvalue weighted by atomic mass is 35.5. The first-order chi connectivity index (χ1) is 12.1. The summed E-state index contributed by atoms with van der Waals surface area (Å²) in [7, 11) is 0. The van der Waals surface area contributed by atoms with E-state index in [1.54, 1.807) is 29.7 Å². The number of anilines is 1. The predicted octanol–water partition coefficient (Wildman–Crippen LogP) is 3.58. The average molecular weight is 353 g/mol. The van der Waals surface area contributed by atoms with E-state index < -0.39 is 0 Å². The molecule has 0 spiro atoms. The van der Waals surface area contributed by atoms with Crippen molar-refractivity contribution in [2.24, 2.45) is 0 Å². The fourth-order valence-electron chi connectivity index (χ4n) is 2.83. The van der Waals surface area contributed by atoms with Gasteiger partial charge in [0.1, 0.15) is 5.56 Å². The van der Waals surface area contributed by atoms with Gasteiger partial charge in [0.05, 0.1) is 11.2 Å². The van der Waals surface area contributed by atoms with E-state index in [0.29, 0.717) is 27.4 Å². The van der Waals surface area contributed by atoms with Crippen molar-refractivity contribution < 1.29 is 4.52 Å². The zero-order chi connectivity index (χ0) is 17.6. The molecule has 0 saturated carbocycles. The van der Waals surface area contributed by atoms with E-state index in [-0.39, 0.29) is 22.7 Å². The Labute approximate surface area is 147 Å². The quantitative estimate of drug-likeness (QED) is 0.595. The average Bonchev–Trinajstić information content (AvgIpc) is 3.02. The zero-order valence-electron chi connectivity index (χ0n) is 13.2. The summed E-state index contributed by atoms with van der Waals surface area (Å²) < 4.78 is 6.74. The minimum absolute atomic E-state index is 0.0986. The van der Waals surface area contributed by atoms with Crippen molar-refractivity contribution in [3.05, 3.63) is 69.7 Å². The van der Waals surface area contributed by atoms with E-state index in [1.165, 1.54) is 0 Å². The molecule has 7 heteroatoms. The maximum absolute atomic E-state index is 13.2. The Morgan fingerprint density at radius 1 is 1.16 bits per heavy atom. The molecule has 0 atom stereocenters. The largest absolute Gasteiger partial charge is 0.397 e. The van der Waals surface area contributed by atoms with Crippen LogP contribution in [0.5, 0.6) is 0 Å². The van der Waals surface area contributed by atoms with Gasteiger partial charge in [-0.05, 0) is 37.3 Å². The lowest BCUT2D eigenvalue weighted by molar-refractivity contribution is 0.425. The van der Waals surface area contributed by atoms with E-state index >= 15 is 0 Å². The summed E-state index contributed by atoms with van der Waals surface area (Å²) in [5.74, 6) is 0.526. The molecule has 124 valence electrons. The van der Waals surface area contributed by atoms with Crippen LogP contribution in [0.2, 0.25) is 5.02 Å². The third-order valence-electron chi connectivity index (χ3n) is 3.93. The number of aryl methyl sites for hydroxylation is 1. The lowest BCUT2D eigenvalue weighted by Gasteiger charge is -2.14. The molecule has 0 amide bonds. The second-order valence-corrected chi connectivity index (χ2v) is 6.01. The van der Waals surface area contributed by atoms with Gasteiger partial charge >= 0.3 is 0 Å². The maximum Gasteiger partial charge on any atom is 0.270 e. The van der Waals surface area contributed by atoms with Gasteiger partial charge in [-0.2, -0.15) is 4.98 Å². The van der Waals surface area contributed by atoms with Gasteiger partial charge in [0.2, 0.25) is 0 Å². The number of benzene rings is 2. The monoisotopic (exact) mass is 352 g/mol. The summed E-state index contributed by atoms with van der Waals surface area (Å²) in [6.45, 7) is 1.68. The Bertz CT molecular complexity index is 1150. The number of para-hydroxylation sites is 1. The summed E-state index contributed by atoms with van der Waals surface area (Å²) >= 11 is 6.15. The standard InChI is InChI=1S/C18H13ClN4O2/c1-10-21-17(25-22-10)15-16(20)13-8-7-11(19)9-14(13)23(18(15)24)12-5-3-2-4-6-12/h2-9H,20H2,1H3. The fraction of sp³-hybridized carbons (Fsp3) is 0.0556. The molecule has 2 aromatic carbocycles. The molecule has 2 N–H and O–H groups in total. The molecular formula is C18H13ClN4O2. The minimum Gasteiger partial charge on any atom is -0.397 e. The topological polar surface area (TPSA) is 86.9 Å². The first-order valence-corrected chi connectivity index (χ1v) is 7.94.